The van der Waals surface area contributed by atoms with E-state index in [0.717, 1.165) is 0 Å². The van der Waals surface area contributed by atoms with Gasteiger partial charge in [-0.2, -0.15) is 0 Å². The lowest BCUT2D eigenvalue weighted by molar-refractivity contribution is -0.702. The lowest BCUT2D eigenvalue weighted by atomic mass is 10.1. The molecule has 1 aromatic rings. The van der Waals surface area contributed by atoms with Crippen LogP contribution in [0.15, 0.2) is 12.4 Å². The Bertz CT molecular complexity index is 491. The second kappa shape index (κ2) is 21.1. The Morgan fingerprint density at radius 1 is 0.548 bits per heavy atom. The van der Waals surface area contributed by atoms with Crippen LogP contribution in [0.25, 0.3) is 0 Å². The van der Waals surface area contributed by atoms with E-state index < -0.39 is 0 Å². The van der Waals surface area contributed by atoms with Gasteiger partial charge in [0.25, 0.3) is 5.82 Å². The Balaban J connectivity index is 1.96. The summed E-state index contributed by atoms with van der Waals surface area (Å²) >= 11 is 0. The fourth-order valence-corrected chi connectivity index (χ4v) is 4.73. The quantitative estimate of drug-likeness (QED) is 0.120. The second-order valence-corrected chi connectivity index (χ2v) is 9.95. The summed E-state index contributed by atoms with van der Waals surface area (Å²) in [6.45, 7) is 9.30. The van der Waals surface area contributed by atoms with Crippen LogP contribution in [-0.2, 0) is 13.1 Å². The third kappa shape index (κ3) is 15.6. The molecule has 0 unspecified atom stereocenters. The number of aromatic nitrogens is 2. The Kier molecular flexibility index (Phi) is 19.2. The van der Waals surface area contributed by atoms with Crippen LogP contribution in [0, 0.1) is 6.92 Å². The van der Waals surface area contributed by atoms with Crippen molar-refractivity contribution >= 4 is 0 Å². The summed E-state index contributed by atoms with van der Waals surface area (Å²) in [7, 11) is 0. The minimum absolute atomic E-state index is 1.20. The molecule has 0 saturated heterocycles. The van der Waals surface area contributed by atoms with Crippen molar-refractivity contribution in [2.24, 2.45) is 0 Å². The van der Waals surface area contributed by atoms with Gasteiger partial charge in [-0.15, -0.1) is 0 Å². The van der Waals surface area contributed by atoms with Crippen LogP contribution in [0.1, 0.15) is 155 Å². The minimum Gasteiger partial charge on any atom is -0.234 e. The van der Waals surface area contributed by atoms with E-state index in [1.807, 2.05) is 0 Å². The zero-order chi connectivity index (χ0) is 22.4. The normalized spacial score (nSPS) is 11.5. The summed E-state index contributed by atoms with van der Waals surface area (Å²) in [5.74, 6) is 1.45. The van der Waals surface area contributed by atoms with Gasteiger partial charge in [0.15, 0.2) is 0 Å². The van der Waals surface area contributed by atoms with Crippen LogP contribution >= 0.6 is 0 Å². The third-order valence-electron chi connectivity index (χ3n) is 7.01. The van der Waals surface area contributed by atoms with Crippen LogP contribution in [0.5, 0.6) is 0 Å². The molecule has 2 heteroatoms. The lowest BCUT2D eigenvalue weighted by Gasteiger charge is -2.04. The number of hydrogen-bond acceptors (Lipinski definition) is 0. The molecule has 1 rings (SSSR count). The van der Waals surface area contributed by atoms with Crippen molar-refractivity contribution in [2.45, 2.75) is 169 Å². The lowest BCUT2D eigenvalue weighted by Crippen LogP contribution is -2.35. The number of rotatable bonds is 23. The van der Waals surface area contributed by atoms with Crippen LogP contribution in [0.4, 0.5) is 0 Å². The number of nitrogens with zero attached hydrogens (tertiary/aromatic N) is 2. The van der Waals surface area contributed by atoms with Gasteiger partial charge in [-0.25, -0.2) is 9.13 Å². The molecule has 0 aliphatic rings. The number of imidazole rings is 1. The van der Waals surface area contributed by atoms with E-state index in [1.54, 1.807) is 0 Å². The zero-order valence-corrected chi connectivity index (χ0v) is 21.8. The van der Waals surface area contributed by atoms with Crippen LogP contribution in [0.3, 0.4) is 0 Å². The molecule has 1 aromatic heterocycles. The van der Waals surface area contributed by atoms with E-state index in [9.17, 15) is 0 Å². The van der Waals surface area contributed by atoms with Crippen molar-refractivity contribution in [3.8, 4) is 0 Å². The highest BCUT2D eigenvalue weighted by Crippen LogP contribution is 2.12. The molecule has 0 aliphatic heterocycles. The van der Waals surface area contributed by atoms with Gasteiger partial charge in [0, 0.05) is 6.92 Å². The highest BCUT2D eigenvalue weighted by Gasteiger charge is 2.11. The molecule has 182 valence electrons. The van der Waals surface area contributed by atoms with Gasteiger partial charge in [0.2, 0.25) is 0 Å². The molecule has 1 heterocycles. The van der Waals surface area contributed by atoms with E-state index in [-0.39, 0.29) is 0 Å². The van der Waals surface area contributed by atoms with Gasteiger partial charge >= 0.3 is 0 Å². The summed E-state index contributed by atoms with van der Waals surface area (Å²) < 4.78 is 4.95. The zero-order valence-electron chi connectivity index (χ0n) is 21.8. The van der Waals surface area contributed by atoms with Gasteiger partial charge in [-0.3, -0.25) is 0 Å². The number of hydrogen-bond donors (Lipinski definition) is 0. The highest BCUT2D eigenvalue weighted by molar-refractivity contribution is 4.79. The average molecular weight is 434 g/mol. The molecule has 0 N–H and O–H groups in total. The Morgan fingerprint density at radius 2 is 0.935 bits per heavy atom. The molecular formula is C29H57N2+. The Hall–Kier alpha value is -0.790. The Morgan fingerprint density at radius 3 is 1.39 bits per heavy atom. The third-order valence-corrected chi connectivity index (χ3v) is 7.01. The first kappa shape index (κ1) is 28.2. The fraction of sp³-hybridized carbons (Fsp3) is 0.897. The average Bonchev–Trinajstić information content (AvgIpc) is 3.12. The maximum Gasteiger partial charge on any atom is 0.253 e. The van der Waals surface area contributed by atoms with Crippen molar-refractivity contribution in [1.29, 1.82) is 0 Å². The summed E-state index contributed by atoms with van der Waals surface area (Å²) in [5.41, 5.74) is 0. The summed E-state index contributed by atoms with van der Waals surface area (Å²) in [6.07, 6.45) is 34.5. The highest BCUT2D eigenvalue weighted by atomic mass is 15.1. The molecule has 0 aliphatic carbocycles. The molecule has 31 heavy (non-hydrogen) atoms. The smallest absolute Gasteiger partial charge is 0.234 e. The topological polar surface area (TPSA) is 8.81 Å². The van der Waals surface area contributed by atoms with Gasteiger partial charge < -0.3 is 0 Å². The maximum absolute atomic E-state index is 2.48. The SMILES string of the molecule is CCCCCCCCCCCCCn1cc[n+](CCCCCCCCCCCC)c1C. The molecule has 2 nitrogen and oxygen atoms in total. The molecule has 0 fully saturated rings. The first-order valence-electron chi connectivity index (χ1n) is 14.3. The summed E-state index contributed by atoms with van der Waals surface area (Å²) in [4.78, 5) is 0. The molecule has 0 amide bonds. The fourth-order valence-electron chi connectivity index (χ4n) is 4.73. The first-order chi connectivity index (χ1) is 15.3. The van der Waals surface area contributed by atoms with E-state index >= 15 is 0 Å². The van der Waals surface area contributed by atoms with E-state index in [4.69, 9.17) is 0 Å². The predicted molar refractivity (Wildman–Crippen MR) is 138 cm³/mol. The predicted octanol–water partition coefficient (Wildman–Crippen LogP) is 9.32. The van der Waals surface area contributed by atoms with E-state index in [1.165, 1.54) is 154 Å². The summed E-state index contributed by atoms with van der Waals surface area (Å²) in [6, 6.07) is 0. The first-order valence-corrected chi connectivity index (χ1v) is 14.3. The van der Waals surface area contributed by atoms with Crippen molar-refractivity contribution in [2.75, 3.05) is 0 Å². The van der Waals surface area contributed by atoms with Crippen molar-refractivity contribution < 1.29 is 4.57 Å². The molecular weight excluding hydrogens is 376 g/mol. The van der Waals surface area contributed by atoms with Gasteiger partial charge in [-0.05, 0) is 25.7 Å². The monoisotopic (exact) mass is 433 g/mol. The maximum atomic E-state index is 2.48. The molecule has 0 saturated carbocycles. The molecule has 0 bridgehead atoms. The molecule has 0 atom stereocenters. The standard InChI is InChI=1S/C29H57N2/c1-4-6-8-10-12-14-16-18-20-22-24-26-31-28-27-30(29(31)3)25-23-21-19-17-15-13-11-9-7-5-2/h27-28H,4-26H2,1-3H3/q+1. The van der Waals surface area contributed by atoms with Gasteiger partial charge in [0.05, 0.1) is 13.1 Å². The second-order valence-electron chi connectivity index (χ2n) is 9.95. The minimum atomic E-state index is 1.20. The van der Waals surface area contributed by atoms with E-state index in [0.29, 0.717) is 0 Å². The molecule has 0 radical (unpaired) electrons. The number of unbranched alkanes of at least 4 members (excludes halogenated alkanes) is 19. The van der Waals surface area contributed by atoms with Crippen LogP contribution < -0.4 is 4.57 Å². The van der Waals surface area contributed by atoms with E-state index in [2.05, 4.69) is 42.3 Å². The van der Waals surface area contributed by atoms with Crippen molar-refractivity contribution in [1.82, 2.24) is 4.57 Å². The van der Waals surface area contributed by atoms with Crippen LogP contribution in [-0.4, -0.2) is 4.57 Å². The number of aryl methyl sites for hydroxylation is 2. The largest absolute Gasteiger partial charge is 0.253 e. The van der Waals surface area contributed by atoms with Gasteiger partial charge in [0.1, 0.15) is 12.4 Å². The molecule has 0 aromatic carbocycles. The summed E-state index contributed by atoms with van der Waals surface area (Å²) in [5, 5.41) is 0. The van der Waals surface area contributed by atoms with Crippen molar-refractivity contribution in [3.05, 3.63) is 18.2 Å². The Labute approximate surface area is 196 Å². The van der Waals surface area contributed by atoms with Gasteiger partial charge in [-0.1, -0.05) is 123 Å². The van der Waals surface area contributed by atoms with Crippen molar-refractivity contribution in [3.63, 3.8) is 0 Å². The molecule has 0 spiro atoms. The van der Waals surface area contributed by atoms with Crippen LogP contribution in [0.2, 0.25) is 0 Å².